The van der Waals surface area contributed by atoms with Crippen LogP contribution in [0.25, 0.3) is 0 Å². The molecule has 3 nitrogen and oxygen atoms in total. The van der Waals surface area contributed by atoms with Crippen LogP contribution in [0, 0.1) is 0 Å². The van der Waals surface area contributed by atoms with Crippen LogP contribution in [0.5, 0.6) is 0 Å². The van der Waals surface area contributed by atoms with Gasteiger partial charge in [0, 0.05) is 24.0 Å². The van der Waals surface area contributed by atoms with Gasteiger partial charge in [-0.2, -0.15) is 0 Å². The second kappa shape index (κ2) is 4.70. The molecule has 0 N–H and O–H groups in total. The van der Waals surface area contributed by atoms with Crippen molar-refractivity contribution in [3.63, 3.8) is 0 Å². The van der Waals surface area contributed by atoms with Gasteiger partial charge in [-0.1, -0.05) is 12.2 Å². The lowest BCUT2D eigenvalue weighted by Crippen LogP contribution is -3.00. The smallest absolute Gasteiger partial charge is 0.310 e. The van der Waals surface area contributed by atoms with Gasteiger partial charge in [0.2, 0.25) is 0 Å². The number of rotatable bonds is 0. The van der Waals surface area contributed by atoms with Crippen molar-refractivity contribution in [3.05, 3.63) is 34.9 Å². The molecule has 20 heavy (non-hydrogen) atoms. The van der Waals surface area contributed by atoms with Crippen molar-refractivity contribution < 1.29 is 38.0 Å². The molecule has 0 aromatic carbocycles. The minimum absolute atomic E-state index is 0. The monoisotopic (exact) mass is 385 g/mol. The van der Waals surface area contributed by atoms with E-state index in [0.29, 0.717) is 13.0 Å². The maximum atomic E-state index is 11.8. The van der Waals surface area contributed by atoms with E-state index in [-0.39, 0.29) is 35.5 Å². The molecule has 0 amide bonds. The van der Waals surface area contributed by atoms with Gasteiger partial charge in [0.15, 0.2) is 0 Å². The van der Waals surface area contributed by atoms with E-state index in [0.717, 1.165) is 30.3 Å². The van der Waals surface area contributed by atoms with Gasteiger partial charge in [0.25, 0.3) is 0 Å². The van der Waals surface area contributed by atoms with E-state index in [9.17, 15) is 4.79 Å². The minimum Gasteiger partial charge on any atom is -1.00 e. The predicted molar refractivity (Wildman–Crippen MR) is 72.3 cm³/mol. The van der Waals surface area contributed by atoms with E-state index in [1.807, 2.05) is 0 Å². The number of hydrogen-bond acceptors (Lipinski definition) is 2. The molecule has 1 spiro atoms. The van der Waals surface area contributed by atoms with Crippen molar-refractivity contribution >= 4 is 5.97 Å². The summed E-state index contributed by atoms with van der Waals surface area (Å²) in [7, 11) is 2.37. The summed E-state index contributed by atoms with van der Waals surface area (Å²) in [6.07, 6.45) is 10.8. The lowest BCUT2D eigenvalue weighted by molar-refractivity contribution is -0.939. The molecule has 0 aromatic heterocycles. The molecule has 0 bridgehead atoms. The van der Waals surface area contributed by atoms with Crippen LogP contribution < -0.4 is 24.0 Å². The Morgan fingerprint density at radius 3 is 3.10 bits per heavy atom. The summed E-state index contributed by atoms with van der Waals surface area (Å²) in [6.45, 7) is 2.81. The molecule has 108 valence electrons. The third-order valence-electron chi connectivity index (χ3n) is 5.65. The molecule has 1 aliphatic carbocycles. The fourth-order valence-corrected chi connectivity index (χ4v) is 4.61. The number of cyclic esters (lactones) is 1. The quantitative estimate of drug-likeness (QED) is 0.234. The van der Waals surface area contributed by atoms with E-state index in [1.165, 1.54) is 23.3 Å². The maximum Gasteiger partial charge on any atom is 0.310 e. The number of likely N-dealkylation sites (N-methyl/N-ethyl adjacent to an activating group) is 1. The molecule has 3 heterocycles. The Morgan fingerprint density at radius 1 is 1.40 bits per heavy atom. The molecular weight excluding hydrogens is 365 g/mol. The zero-order valence-electron chi connectivity index (χ0n) is 11.8. The molecule has 0 saturated heterocycles. The zero-order valence-corrected chi connectivity index (χ0v) is 14.0. The Kier molecular flexibility index (Phi) is 3.36. The number of carbonyl (C=O) groups is 1. The SMILES string of the molecule is C[N+]12CC=C3C=CCC[C@@]31C1=C(CC2)COC(=O)C1.[I-]. The molecule has 4 heteroatoms. The van der Waals surface area contributed by atoms with Gasteiger partial charge < -0.3 is 33.2 Å². The third-order valence-corrected chi connectivity index (χ3v) is 5.65. The molecule has 4 rings (SSSR count). The molecule has 4 aliphatic rings. The Bertz CT molecular complexity index is 563. The predicted octanol–water partition coefficient (Wildman–Crippen LogP) is -0.887. The molecule has 0 radical (unpaired) electrons. The summed E-state index contributed by atoms with van der Waals surface area (Å²) in [6, 6.07) is 0. The maximum absolute atomic E-state index is 11.8. The lowest BCUT2D eigenvalue weighted by atomic mass is 9.69. The van der Waals surface area contributed by atoms with Crippen LogP contribution >= 0.6 is 0 Å². The average molecular weight is 385 g/mol. The second-order valence-electron chi connectivity index (χ2n) is 6.43. The number of allylic oxidation sites excluding steroid dienone is 1. The van der Waals surface area contributed by atoms with Gasteiger partial charge in [-0.25, -0.2) is 0 Å². The molecular formula is C16H20INO2. The first-order valence-corrected chi connectivity index (χ1v) is 7.25. The first-order valence-electron chi connectivity index (χ1n) is 7.25. The van der Waals surface area contributed by atoms with E-state index in [1.54, 1.807) is 0 Å². The van der Waals surface area contributed by atoms with Gasteiger partial charge in [0.05, 0.1) is 26.6 Å². The number of esters is 1. The molecule has 0 saturated carbocycles. The fraction of sp³-hybridized carbons (Fsp3) is 0.562. The molecule has 0 aromatic rings. The largest absolute Gasteiger partial charge is 1.00 e. The molecule has 0 fully saturated rings. The van der Waals surface area contributed by atoms with Crippen LogP contribution in [0.4, 0.5) is 0 Å². The highest BCUT2D eigenvalue weighted by Gasteiger charge is 2.59. The van der Waals surface area contributed by atoms with Crippen LogP contribution in [0.3, 0.4) is 0 Å². The number of carbonyl (C=O) groups excluding carboxylic acids is 1. The average Bonchev–Trinajstić information content (AvgIpc) is 2.74. The van der Waals surface area contributed by atoms with Crippen molar-refractivity contribution in [1.82, 2.24) is 0 Å². The van der Waals surface area contributed by atoms with Crippen molar-refractivity contribution in [2.45, 2.75) is 31.2 Å². The Morgan fingerprint density at radius 2 is 2.25 bits per heavy atom. The Balaban J connectivity index is 0.00000121. The summed E-state index contributed by atoms with van der Waals surface area (Å²) in [5.74, 6) is -0.0395. The van der Waals surface area contributed by atoms with Gasteiger partial charge in [-0.05, 0) is 18.1 Å². The van der Waals surface area contributed by atoms with E-state index < -0.39 is 0 Å². The molecule has 1 unspecified atom stereocenters. The molecule has 2 atom stereocenters. The fourth-order valence-electron chi connectivity index (χ4n) is 4.61. The van der Waals surface area contributed by atoms with Crippen molar-refractivity contribution in [1.29, 1.82) is 0 Å². The van der Waals surface area contributed by atoms with Gasteiger partial charge in [-0.3, -0.25) is 4.79 Å². The Labute approximate surface area is 137 Å². The molecule has 3 aliphatic heterocycles. The van der Waals surface area contributed by atoms with E-state index in [4.69, 9.17) is 4.74 Å². The number of nitrogens with zero attached hydrogens (tertiary/aromatic N) is 1. The van der Waals surface area contributed by atoms with Gasteiger partial charge in [0.1, 0.15) is 12.1 Å². The van der Waals surface area contributed by atoms with Crippen LogP contribution in [0.2, 0.25) is 0 Å². The van der Waals surface area contributed by atoms with Crippen molar-refractivity contribution in [2.75, 3.05) is 26.7 Å². The van der Waals surface area contributed by atoms with Crippen molar-refractivity contribution in [3.8, 4) is 0 Å². The minimum atomic E-state index is -0.0395. The zero-order chi connectivity index (χ0) is 13.1. The van der Waals surface area contributed by atoms with Crippen LogP contribution in [0.1, 0.15) is 25.7 Å². The third kappa shape index (κ3) is 1.64. The van der Waals surface area contributed by atoms with Gasteiger partial charge in [-0.15, -0.1) is 0 Å². The number of quaternary nitrogens is 1. The van der Waals surface area contributed by atoms with Crippen LogP contribution in [-0.2, 0) is 9.53 Å². The highest BCUT2D eigenvalue weighted by molar-refractivity contribution is 5.76. The number of ether oxygens (including phenoxy) is 1. The lowest BCUT2D eigenvalue weighted by Gasteiger charge is -2.54. The van der Waals surface area contributed by atoms with Crippen LogP contribution in [-0.4, -0.2) is 42.7 Å². The normalized spacial score (nSPS) is 38.2. The summed E-state index contributed by atoms with van der Waals surface area (Å²) in [5, 5.41) is 0. The van der Waals surface area contributed by atoms with E-state index >= 15 is 0 Å². The standard InChI is InChI=1S/C16H20NO2.HI/c1-17-8-5-12-11-19-15(18)10-14(12)16(17)7-3-2-4-13(16)6-9-17;/h2,4,6H,3,5,7-11H2,1H3;1H/q+1;/p-1/t16-,17?;/m0./s1. The van der Waals surface area contributed by atoms with E-state index in [2.05, 4.69) is 25.3 Å². The van der Waals surface area contributed by atoms with Crippen molar-refractivity contribution in [2.24, 2.45) is 0 Å². The topological polar surface area (TPSA) is 26.3 Å². The first kappa shape index (κ1) is 14.3. The second-order valence-corrected chi connectivity index (χ2v) is 6.43. The summed E-state index contributed by atoms with van der Waals surface area (Å²) in [4.78, 5) is 11.8. The highest BCUT2D eigenvalue weighted by atomic mass is 127. The number of halogens is 1. The first-order chi connectivity index (χ1) is 9.16. The van der Waals surface area contributed by atoms with Crippen LogP contribution in [0.15, 0.2) is 34.9 Å². The summed E-state index contributed by atoms with van der Waals surface area (Å²) >= 11 is 0. The summed E-state index contributed by atoms with van der Waals surface area (Å²) < 4.78 is 6.33. The number of hydrogen-bond donors (Lipinski definition) is 0. The Hall–Kier alpha value is -0.620. The highest BCUT2D eigenvalue weighted by Crippen LogP contribution is 2.53. The summed E-state index contributed by atoms with van der Waals surface area (Å²) in [5.41, 5.74) is 4.33. The van der Waals surface area contributed by atoms with Gasteiger partial charge >= 0.3 is 5.97 Å².